The molecule has 0 amide bonds. The maximum atomic E-state index is 11.4. The molecule has 0 radical (unpaired) electrons. The summed E-state index contributed by atoms with van der Waals surface area (Å²) in [7, 11) is 0. The Morgan fingerprint density at radius 3 is 2.57 bits per heavy atom. The highest BCUT2D eigenvalue weighted by molar-refractivity contribution is 5.83. The van der Waals surface area contributed by atoms with E-state index in [-0.39, 0.29) is 17.5 Å². The Hall–Kier alpha value is -1.31. The Labute approximate surface area is 84.6 Å². The largest absolute Gasteiger partial charge is 0.508 e. The smallest absolute Gasteiger partial charge is 0.139 e. The molecule has 0 atom stereocenters. The van der Waals surface area contributed by atoms with Crippen LogP contribution in [0.5, 0.6) is 5.75 Å². The van der Waals surface area contributed by atoms with Gasteiger partial charge in [-0.25, -0.2) is 0 Å². The summed E-state index contributed by atoms with van der Waals surface area (Å²) in [6, 6.07) is 5.40. The molecule has 1 N–H and O–H groups in total. The van der Waals surface area contributed by atoms with E-state index in [0.29, 0.717) is 12.0 Å². The lowest BCUT2D eigenvalue weighted by Crippen LogP contribution is -2.10. The average molecular weight is 192 g/mol. The Morgan fingerprint density at radius 1 is 1.43 bits per heavy atom. The van der Waals surface area contributed by atoms with Gasteiger partial charge in [0.25, 0.3) is 0 Å². The number of ketones is 1. The molecular weight excluding hydrogens is 176 g/mol. The molecule has 0 bridgehead atoms. The predicted octanol–water partition coefficient (Wildman–Crippen LogP) is 2.47. The number of phenols is 1. The van der Waals surface area contributed by atoms with Crippen LogP contribution in [-0.2, 0) is 11.2 Å². The van der Waals surface area contributed by atoms with E-state index < -0.39 is 0 Å². The minimum absolute atomic E-state index is 0.0238. The lowest BCUT2D eigenvalue weighted by molar-refractivity contribution is -0.121. The molecule has 0 aliphatic rings. The minimum Gasteiger partial charge on any atom is -0.508 e. The van der Waals surface area contributed by atoms with Crippen LogP contribution in [0.3, 0.4) is 0 Å². The normalized spacial score (nSPS) is 10.6. The molecule has 0 aliphatic heterocycles. The summed E-state index contributed by atoms with van der Waals surface area (Å²) in [5.41, 5.74) is 1.72. The molecule has 2 nitrogen and oxygen atoms in total. The van der Waals surface area contributed by atoms with Crippen molar-refractivity contribution in [2.24, 2.45) is 5.92 Å². The van der Waals surface area contributed by atoms with E-state index in [2.05, 4.69) is 0 Å². The van der Waals surface area contributed by atoms with Gasteiger partial charge in [-0.3, -0.25) is 4.79 Å². The summed E-state index contributed by atoms with van der Waals surface area (Å²) in [5.74, 6) is 0.402. The highest BCUT2D eigenvalue weighted by Crippen LogP contribution is 2.19. The maximum absolute atomic E-state index is 11.4. The molecule has 0 aliphatic carbocycles. The van der Waals surface area contributed by atoms with Gasteiger partial charge in [-0.05, 0) is 18.6 Å². The van der Waals surface area contributed by atoms with Gasteiger partial charge in [-0.1, -0.05) is 26.0 Å². The zero-order chi connectivity index (χ0) is 10.7. The van der Waals surface area contributed by atoms with Gasteiger partial charge in [0.2, 0.25) is 0 Å². The molecule has 2 heteroatoms. The first-order valence-corrected chi connectivity index (χ1v) is 4.82. The van der Waals surface area contributed by atoms with Gasteiger partial charge in [-0.2, -0.15) is 0 Å². The number of carbonyl (C=O) groups is 1. The maximum Gasteiger partial charge on any atom is 0.139 e. The first kappa shape index (κ1) is 10.8. The number of phenolic OH excluding ortho intramolecular Hbond substituents is 1. The first-order chi connectivity index (χ1) is 6.50. The van der Waals surface area contributed by atoms with Crippen LogP contribution in [0.25, 0.3) is 0 Å². The number of Topliss-reactive ketones (excluding diaryl/α,β-unsaturated/α-hetero) is 1. The second-order valence-corrected chi connectivity index (χ2v) is 3.93. The molecule has 0 spiro atoms. The third kappa shape index (κ3) is 2.59. The van der Waals surface area contributed by atoms with Gasteiger partial charge in [-0.15, -0.1) is 0 Å². The van der Waals surface area contributed by atoms with Gasteiger partial charge in [0.05, 0.1) is 0 Å². The Kier molecular flexibility index (Phi) is 3.28. The molecule has 0 saturated carbocycles. The van der Waals surface area contributed by atoms with Crippen LogP contribution in [0.15, 0.2) is 18.2 Å². The summed E-state index contributed by atoms with van der Waals surface area (Å²) in [4.78, 5) is 11.4. The van der Waals surface area contributed by atoms with Crippen LogP contribution < -0.4 is 0 Å². The fourth-order valence-electron chi connectivity index (χ4n) is 1.22. The van der Waals surface area contributed by atoms with Crippen molar-refractivity contribution in [3.05, 3.63) is 29.3 Å². The van der Waals surface area contributed by atoms with Crippen LogP contribution >= 0.6 is 0 Å². The van der Waals surface area contributed by atoms with Gasteiger partial charge < -0.3 is 5.11 Å². The molecule has 0 saturated heterocycles. The second-order valence-electron chi connectivity index (χ2n) is 3.93. The number of aromatic hydroxyl groups is 1. The van der Waals surface area contributed by atoms with Gasteiger partial charge >= 0.3 is 0 Å². The van der Waals surface area contributed by atoms with Crippen molar-refractivity contribution < 1.29 is 9.90 Å². The van der Waals surface area contributed by atoms with Gasteiger partial charge in [0.1, 0.15) is 11.5 Å². The molecule has 1 rings (SSSR count). The molecule has 0 fully saturated rings. The average Bonchev–Trinajstić information content (AvgIpc) is 2.09. The number of benzene rings is 1. The van der Waals surface area contributed by atoms with E-state index in [1.54, 1.807) is 6.07 Å². The summed E-state index contributed by atoms with van der Waals surface area (Å²) in [6.45, 7) is 5.65. The lowest BCUT2D eigenvalue weighted by Gasteiger charge is -2.06. The second kappa shape index (κ2) is 4.27. The summed E-state index contributed by atoms with van der Waals surface area (Å²) < 4.78 is 0. The zero-order valence-electron chi connectivity index (χ0n) is 8.87. The molecule has 76 valence electrons. The number of rotatable bonds is 3. The first-order valence-electron chi connectivity index (χ1n) is 4.82. The molecule has 0 unspecified atom stereocenters. The molecule has 0 heterocycles. The van der Waals surface area contributed by atoms with E-state index in [1.165, 1.54) is 0 Å². The third-order valence-electron chi connectivity index (χ3n) is 2.25. The quantitative estimate of drug-likeness (QED) is 0.798. The Bertz CT molecular complexity index is 340. The summed E-state index contributed by atoms with van der Waals surface area (Å²) in [5, 5.41) is 9.57. The summed E-state index contributed by atoms with van der Waals surface area (Å²) >= 11 is 0. The van der Waals surface area contributed by atoms with Crippen molar-refractivity contribution in [1.29, 1.82) is 0 Å². The zero-order valence-corrected chi connectivity index (χ0v) is 8.87. The van der Waals surface area contributed by atoms with Crippen LogP contribution in [0, 0.1) is 12.8 Å². The SMILES string of the molecule is Cc1ccc(CC(=O)C(C)C)c(O)c1. The highest BCUT2D eigenvalue weighted by Gasteiger charge is 2.10. The predicted molar refractivity (Wildman–Crippen MR) is 56.4 cm³/mol. The van der Waals surface area contributed by atoms with Crippen LogP contribution in [0.2, 0.25) is 0 Å². The highest BCUT2D eigenvalue weighted by atomic mass is 16.3. The van der Waals surface area contributed by atoms with Crippen molar-refractivity contribution in [3.63, 3.8) is 0 Å². The van der Waals surface area contributed by atoms with Crippen molar-refractivity contribution in [3.8, 4) is 5.75 Å². The van der Waals surface area contributed by atoms with Crippen LogP contribution in [0.1, 0.15) is 25.0 Å². The van der Waals surface area contributed by atoms with E-state index in [0.717, 1.165) is 5.56 Å². The minimum atomic E-state index is 0.0238. The van der Waals surface area contributed by atoms with Crippen LogP contribution in [0.4, 0.5) is 0 Å². The van der Waals surface area contributed by atoms with Crippen molar-refractivity contribution in [2.75, 3.05) is 0 Å². The van der Waals surface area contributed by atoms with Gasteiger partial charge in [0, 0.05) is 17.9 Å². The molecule has 1 aromatic carbocycles. The van der Waals surface area contributed by atoms with Crippen molar-refractivity contribution >= 4 is 5.78 Å². The van der Waals surface area contributed by atoms with Crippen molar-refractivity contribution in [2.45, 2.75) is 27.2 Å². The van der Waals surface area contributed by atoms with Crippen LogP contribution in [-0.4, -0.2) is 10.9 Å². The van der Waals surface area contributed by atoms with Crippen molar-refractivity contribution in [1.82, 2.24) is 0 Å². The number of hydrogen-bond acceptors (Lipinski definition) is 2. The van der Waals surface area contributed by atoms with E-state index in [1.807, 2.05) is 32.9 Å². The fourth-order valence-corrected chi connectivity index (χ4v) is 1.22. The van der Waals surface area contributed by atoms with Gasteiger partial charge in [0.15, 0.2) is 0 Å². The fraction of sp³-hybridized carbons (Fsp3) is 0.417. The summed E-state index contributed by atoms with van der Waals surface area (Å²) in [6.07, 6.45) is 0.323. The number of aryl methyl sites for hydroxylation is 1. The number of hydrogen-bond donors (Lipinski definition) is 1. The third-order valence-corrected chi connectivity index (χ3v) is 2.25. The molecule has 14 heavy (non-hydrogen) atoms. The van der Waals surface area contributed by atoms with E-state index >= 15 is 0 Å². The topological polar surface area (TPSA) is 37.3 Å². The number of carbonyl (C=O) groups excluding carboxylic acids is 1. The monoisotopic (exact) mass is 192 g/mol. The standard InChI is InChI=1S/C12H16O2/c1-8(2)11(13)7-10-5-4-9(3)6-12(10)14/h4-6,8,14H,7H2,1-3H3. The molecular formula is C12H16O2. The molecule has 1 aromatic rings. The lowest BCUT2D eigenvalue weighted by atomic mass is 9.99. The Balaban J connectivity index is 2.82. The Morgan fingerprint density at radius 2 is 2.07 bits per heavy atom. The van der Waals surface area contributed by atoms with E-state index in [4.69, 9.17) is 0 Å². The van der Waals surface area contributed by atoms with E-state index in [9.17, 15) is 9.90 Å². The molecule has 0 aromatic heterocycles.